The summed E-state index contributed by atoms with van der Waals surface area (Å²) in [5.74, 6) is 1.03. The van der Waals surface area contributed by atoms with Crippen LogP contribution in [0.4, 0.5) is 0 Å². The molecule has 0 atom stereocenters. The van der Waals surface area contributed by atoms with Crippen LogP contribution < -0.4 is 0 Å². The fraction of sp³-hybridized carbons (Fsp3) is 0.741. The smallest absolute Gasteiger partial charge is 0.112 e. The number of aromatic nitrogens is 2. The van der Waals surface area contributed by atoms with Crippen LogP contribution in [0, 0.1) is 0 Å². The van der Waals surface area contributed by atoms with E-state index < -0.39 is 0 Å². The number of aliphatic hydroxyl groups is 1. The maximum atomic E-state index is 9.33. The highest BCUT2D eigenvalue weighted by Crippen LogP contribution is 2.18. The van der Waals surface area contributed by atoms with Crippen LogP contribution in [0.5, 0.6) is 0 Å². The third-order valence-electron chi connectivity index (χ3n) is 6.30. The van der Waals surface area contributed by atoms with Crippen LogP contribution in [0.3, 0.4) is 0 Å². The fourth-order valence-corrected chi connectivity index (χ4v) is 4.48. The number of hydrogen-bond donors (Lipinski definition) is 1. The van der Waals surface area contributed by atoms with E-state index in [0.29, 0.717) is 6.42 Å². The van der Waals surface area contributed by atoms with E-state index in [1.165, 1.54) is 108 Å². The Labute approximate surface area is 185 Å². The Morgan fingerprint density at radius 3 is 1.73 bits per heavy atom. The van der Waals surface area contributed by atoms with E-state index in [4.69, 9.17) is 4.98 Å². The van der Waals surface area contributed by atoms with E-state index in [9.17, 15) is 5.11 Å². The summed E-state index contributed by atoms with van der Waals surface area (Å²) in [6.07, 6.45) is 23.1. The second-order valence-electron chi connectivity index (χ2n) is 8.95. The van der Waals surface area contributed by atoms with Gasteiger partial charge in [-0.05, 0) is 18.6 Å². The minimum absolute atomic E-state index is 0.169. The fourth-order valence-electron chi connectivity index (χ4n) is 4.48. The Balaban J connectivity index is 1.45. The molecule has 30 heavy (non-hydrogen) atoms. The number of nitrogens with zero attached hydrogens (tertiary/aromatic N) is 2. The Kier molecular flexibility index (Phi) is 13.6. The van der Waals surface area contributed by atoms with Gasteiger partial charge in [0.1, 0.15) is 5.82 Å². The van der Waals surface area contributed by atoms with Gasteiger partial charge in [-0.2, -0.15) is 0 Å². The maximum absolute atomic E-state index is 9.33. The Morgan fingerprint density at radius 1 is 0.700 bits per heavy atom. The highest BCUT2D eigenvalue weighted by Gasteiger charge is 2.09. The summed E-state index contributed by atoms with van der Waals surface area (Å²) in [6, 6.07) is 8.34. The summed E-state index contributed by atoms with van der Waals surface area (Å²) in [4.78, 5) is 4.70. The molecule has 170 valence electrons. The van der Waals surface area contributed by atoms with Crippen LogP contribution in [0.2, 0.25) is 0 Å². The van der Waals surface area contributed by atoms with Gasteiger partial charge in [0.05, 0.1) is 17.6 Å². The molecule has 0 amide bonds. The van der Waals surface area contributed by atoms with Gasteiger partial charge in [-0.3, -0.25) is 0 Å². The van der Waals surface area contributed by atoms with Crippen LogP contribution in [0.25, 0.3) is 11.0 Å². The minimum atomic E-state index is 0.169. The van der Waals surface area contributed by atoms with E-state index in [1.54, 1.807) is 0 Å². The molecule has 2 rings (SSSR count). The summed E-state index contributed by atoms with van der Waals surface area (Å²) < 4.78 is 2.31. The summed E-state index contributed by atoms with van der Waals surface area (Å²) in [5.41, 5.74) is 2.26. The lowest BCUT2D eigenvalue weighted by Gasteiger charge is -2.08. The predicted molar refractivity (Wildman–Crippen MR) is 130 cm³/mol. The molecule has 1 aromatic heterocycles. The summed E-state index contributed by atoms with van der Waals surface area (Å²) in [6.45, 7) is 3.48. The maximum Gasteiger partial charge on any atom is 0.112 e. The van der Waals surface area contributed by atoms with Gasteiger partial charge >= 0.3 is 0 Å². The monoisotopic (exact) mass is 414 g/mol. The first-order valence-electron chi connectivity index (χ1n) is 12.9. The average Bonchev–Trinajstić information content (AvgIpc) is 3.11. The molecule has 0 spiro atoms. The zero-order valence-corrected chi connectivity index (χ0v) is 19.6. The van der Waals surface area contributed by atoms with Crippen LogP contribution in [0.1, 0.15) is 115 Å². The summed E-state index contributed by atoms with van der Waals surface area (Å²) in [5, 5.41) is 9.33. The van der Waals surface area contributed by atoms with Crippen LogP contribution >= 0.6 is 0 Å². The lowest BCUT2D eigenvalue weighted by Crippen LogP contribution is -2.06. The first kappa shape index (κ1) is 24.9. The molecule has 0 unspecified atom stereocenters. The normalized spacial score (nSPS) is 11.5. The molecule has 2 aromatic rings. The highest BCUT2D eigenvalue weighted by molar-refractivity contribution is 5.75. The van der Waals surface area contributed by atoms with E-state index >= 15 is 0 Å². The zero-order chi connectivity index (χ0) is 21.3. The molecule has 0 radical (unpaired) electrons. The molecular weight excluding hydrogens is 368 g/mol. The highest BCUT2D eigenvalue weighted by atomic mass is 16.3. The van der Waals surface area contributed by atoms with Crippen molar-refractivity contribution in [2.24, 2.45) is 0 Å². The standard InChI is InChI=1S/C27H46N2O/c1-2-3-4-5-6-7-8-9-10-11-12-13-14-15-16-19-23-29-26-21-18-17-20-25(26)28-27(29)22-24-30/h17-18,20-21,30H,2-16,19,22-24H2,1H3. The first-order valence-corrected chi connectivity index (χ1v) is 12.9. The van der Waals surface area contributed by atoms with Gasteiger partial charge < -0.3 is 9.67 Å². The number of unbranched alkanes of at least 4 members (excludes halogenated alkanes) is 15. The van der Waals surface area contributed by atoms with Crippen molar-refractivity contribution in [1.29, 1.82) is 0 Å². The predicted octanol–water partition coefficient (Wildman–Crippen LogP) is 7.83. The second-order valence-corrected chi connectivity index (χ2v) is 8.95. The lowest BCUT2D eigenvalue weighted by atomic mass is 10.0. The molecule has 1 aromatic carbocycles. The van der Waals surface area contributed by atoms with Crippen LogP contribution in [0.15, 0.2) is 24.3 Å². The van der Waals surface area contributed by atoms with Gasteiger partial charge in [0, 0.05) is 13.0 Å². The number of para-hydroxylation sites is 2. The summed E-state index contributed by atoms with van der Waals surface area (Å²) >= 11 is 0. The third-order valence-corrected chi connectivity index (χ3v) is 6.30. The number of aliphatic hydroxyl groups excluding tert-OH is 1. The van der Waals surface area contributed by atoms with Gasteiger partial charge in [0.25, 0.3) is 0 Å². The SMILES string of the molecule is CCCCCCCCCCCCCCCCCCn1c(CCO)nc2ccccc21. The molecule has 3 nitrogen and oxygen atoms in total. The van der Waals surface area contributed by atoms with Gasteiger partial charge in [-0.15, -0.1) is 0 Å². The van der Waals surface area contributed by atoms with Crippen molar-refractivity contribution in [2.75, 3.05) is 6.61 Å². The van der Waals surface area contributed by atoms with E-state index in [-0.39, 0.29) is 6.61 Å². The van der Waals surface area contributed by atoms with Crippen molar-refractivity contribution in [2.45, 2.75) is 123 Å². The second kappa shape index (κ2) is 16.4. The molecule has 0 aliphatic heterocycles. The molecule has 0 saturated carbocycles. The lowest BCUT2D eigenvalue weighted by molar-refractivity contribution is 0.294. The van der Waals surface area contributed by atoms with E-state index in [2.05, 4.69) is 29.7 Å². The van der Waals surface area contributed by atoms with E-state index in [0.717, 1.165) is 17.9 Å². The van der Waals surface area contributed by atoms with Crippen molar-refractivity contribution >= 4 is 11.0 Å². The quantitative estimate of drug-likeness (QED) is 0.238. The number of hydrogen-bond acceptors (Lipinski definition) is 2. The largest absolute Gasteiger partial charge is 0.396 e. The summed E-state index contributed by atoms with van der Waals surface area (Å²) in [7, 11) is 0. The van der Waals surface area contributed by atoms with Gasteiger partial charge in [-0.1, -0.05) is 115 Å². The van der Waals surface area contributed by atoms with Crippen molar-refractivity contribution in [3.05, 3.63) is 30.1 Å². The van der Waals surface area contributed by atoms with Crippen molar-refractivity contribution in [1.82, 2.24) is 9.55 Å². The van der Waals surface area contributed by atoms with Crippen molar-refractivity contribution < 1.29 is 5.11 Å². The van der Waals surface area contributed by atoms with Crippen molar-refractivity contribution in [3.63, 3.8) is 0 Å². The molecule has 1 heterocycles. The van der Waals surface area contributed by atoms with Crippen molar-refractivity contribution in [3.8, 4) is 0 Å². The molecular formula is C27H46N2O. The molecule has 0 aliphatic rings. The number of aryl methyl sites for hydroxylation is 1. The van der Waals surface area contributed by atoms with Crippen LogP contribution in [-0.4, -0.2) is 21.3 Å². The minimum Gasteiger partial charge on any atom is -0.396 e. The van der Waals surface area contributed by atoms with E-state index in [1.807, 2.05) is 6.07 Å². The molecule has 0 saturated heterocycles. The molecule has 1 N–H and O–H groups in total. The Hall–Kier alpha value is -1.35. The molecule has 0 bridgehead atoms. The number of imidazole rings is 1. The van der Waals surface area contributed by atoms with Gasteiger partial charge in [-0.25, -0.2) is 4.98 Å². The zero-order valence-electron chi connectivity index (χ0n) is 19.6. The van der Waals surface area contributed by atoms with Gasteiger partial charge in [0.15, 0.2) is 0 Å². The molecule has 3 heteroatoms. The van der Waals surface area contributed by atoms with Crippen LogP contribution in [-0.2, 0) is 13.0 Å². The third kappa shape index (κ3) is 9.64. The number of fused-ring (bicyclic) bond motifs is 1. The first-order chi connectivity index (χ1) is 14.9. The van der Waals surface area contributed by atoms with Gasteiger partial charge in [0.2, 0.25) is 0 Å². The average molecular weight is 415 g/mol. The molecule has 0 fully saturated rings. The Bertz CT molecular complexity index is 664. The number of rotatable bonds is 19. The Morgan fingerprint density at radius 2 is 1.20 bits per heavy atom. The topological polar surface area (TPSA) is 38.0 Å². The number of benzene rings is 1. The molecule has 0 aliphatic carbocycles.